The van der Waals surface area contributed by atoms with Crippen LogP contribution in [0.25, 0.3) is 11.1 Å². The van der Waals surface area contributed by atoms with Crippen molar-refractivity contribution in [1.29, 1.82) is 0 Å². The number of amides is 1. The lowest BCUT2D eigenvalue weighted by atomic mass is 9.99. The quantitative estimate of drug-likeness (QED) is 0.258. The van der Waals surface area contributed by atoms with Crippen LogP contribution >= 0.6 is 11.6 Å². The number of hydrogen-bond acceptors (Lipinski definition) is 6. The highest BCUT2D eigenvalue weighted by Gasteiger charge is 2.42. The summed E-state index contributed by atoms with van der Waals surface area (Å²) >= 11 is 6.43. The Morgan fingerprint density at radius 1 is 1.00 bits per heavy atom. The number of anilines is 2. The summed E-state index contributed by atoms with van der Waals surface area (Å²) in [7, 11) is 0. The normalized spacial score (nSPS) is 17.6. The van der Waals surface area contributed by atoms with Crippen LogP contribution in [-0.4, -0.2) is 72.4 Å². The van der Waals surface area contributed by atoms with E-state index in [1.807, 2.05) is 47.1 Å². The monoisotopic (exact) mass is 631 g/mol. The Morgan fingerprint density at radius 3 is 2.39 bits per heavy atom. The van der Waals surface area contributed by atoms with Gasteiger partial charge in [0, 0.05) is 67.7 Å². The molecule has 5 rings (SSSR count). The highest BCUT2D eigenvalue weighted by Crippen LogP contribution is 2.39. The zero-order valence-corrected chi connectivity index (χ0v) is 25.7. The number of nitrogens with zero attached hydrogens (tertiary/aromatic N) is 5. The summed E-state index contributed by atoms with van der Waals surface area (Å²) in [5, 5.41) is 4.56. The van der Waals surface area contributed by atoms with Crippen LogP contribution in [-0.2, 0) is 15.7 Å². The molecule has 12 heteroatoms. The summed E-state index contributed by atoms with van der Waals surface area (Å²) < 4.78 is 48.4. The van der Waals surface area contributed by atoms with Gasteiger partial charge in [-0.05, 0) is 56.0 Å². The molecule has 2 fully saturated rings. The number of piperidine rings is 1. The molecule has 1 atom stereocenters. The largest absolute Gasteiger partial charge is 0.462 e. The second-order valence-electron chi connectivity index (χ2n) is 11.1. The van der Waals surface area contributed by atoms with Gasteiger partial charge in [-0.2, -0.15) is 18.3 Å². The number of benzene rings is 2. The van der Waals surface area contributed by atoms with Crippen LogP contribution in [0.15, 0.2) is 48.7 Å². The van der Waals surface area contributed by atoms with Crippen LogP contribution in [0.2, 0.25) is 5.02 Å². The third-order valence-electron chi connectivity index (χ3n) is 8.24. The number of alkyl halides is 3. The van der Waals surface area contributed by atoms with Crippen LogP contribution in [0.4, 0.5) is 24.5 Å². The standard InChI is InChI=1S/C32H37ClF3N5O3/c1-3-6-29(42)39-17-15-38(16-18-39)24-11-8-22(9-12-24)26-13-10-23(33)19-28(26)40-14-5-7-25(21-40)41-30(32(34,35)36)27(20-37-41)31(43)44-4-2/h8-13,19-20,25H,3-7,14-18,21H2,1-2H3. The predicted octanol–water partition coefficient (Wildman–Crippen LogP) is 6.69. The second-order valence-corrected chi connectivity index (χ2v) is 11.6. The molecular weight excluding hydrogens is 595 g/mol. The van der Waals surface area contributed by atoms with Crippen molar-refractivity contribution in [2.24, 2.45) is 0 Å². The molecule has 3 heterocycles. The Labute approximate surface area is 260 Å². The second kappa shape index (κ2) is 13.5. The summed E-state index contributed by atoms with van der Waals surface area (Å²) in [6.07, 6.45) is -1.29. The van der Waals surface area contributed by atoms with Crippen molar-refractivity contribution in [3.8, 4) is 11.1 Å². The third-order valence-corrected chi connectivity index (χ3v) is 8.48. The number of halogens is 4. The maximum Gasteiger partial charge on any atom is 0.433 e. The number of ether oxygens (including phenoxy) is 1. The number of esters is 1. The summed E-state index contributed by atoms with van der Waals surface area (Å²) in [5.74, 6) is -0.828. The molecule has 1 aromatic heterocycles. The molecule has 2 aliphatic heterocycles. The molecule has 0 bridgehead atoms. The van der Waals surface area contributed by atoms with Gasteiger partial charge in [0.2, 0.25) is 5.91 Å². The van der Waals surface area contributed by atoms with E-state index in [4.69, 9.17) is 16.3 Å². The molecule has 0 N–H and O–H groups in total. The predicted molar refractivity (Wildman–Crippen MR) is 164 cm³/mol. The van der Waals surface area contributed by atoms with E-state index in [2.05, 4.69) is 22.1 Å². The Balaban J connectivity index is 1.36. The molecule has 1 unspecified atom stereocenters. The molecule has 0 radical (unpaired) electrons. The zero-order chi connectivity index (χ0) is 31.4. The Bertz CT molecular complexity index is 1470. The number of rotatable bonds is 8. The van der Waals surface area contributed by atoms with E-state index in [9.17, 15) is 22.8 Å². The van der Waals surface area contributed by atoms with Crippen LogP contribution in [0.3, 0.4) is 0 Å². The Morgan fingerprint density at radius 2 is 1.73 bits per heavy atom. The first-order valence-corrected chi connectivity index (χ1v) is 15.5. The number of piperazine rings is 1. The number of aromatic nitrogens is 2. The minimum atomic E-state index is -4.78. The van der Waals surface area contributed by atoms with Crippen LogP contribution in [0, 0.1) is 0 Å². The van der Waals surface area contributed by atoms with Crippen molar-refractivity contribution in [3.05, 3.63) is 64.9 Å². The number of carbonyl (C=O) groups is 2. The minimum absolute atomic E-state index is 0.0340. The first-order chi connectivity index (χ1) is 21.1. The van der Waals surface area contributed by atoms with E-state index in [-0.39, 0.29) is 19.1 Å². The minimum Gasteiger partial charge on any atom is -0.462 e. The lowest BCUT2D eigenvalue weighted by molar-refractivity contribution is -0.145. The number of carbonyl (C=O) groups excluding carboxylic acids is 2. The summed E-state index contributed by atoms with van der Waals surface area (Å²) in [4.78, 5) is 30.8. The van der Waals surface area contributed by atoms with Gasteiger partial charge in [-0.25, -0.2) is 4.79 Å². The van der Waals surface area contributed by atoms with E-state index < -0.39 is 29.4 Å². The molecule has 2 aromatic carbocycles. The Hall–Kier alpha value is -3.73. The fourth-order valence-electron chi connectivity index (χ4n) is 6.10. The maximum atomic E-state index is 14.2. The van der Waals surface area contributed by atoms with Crippen LogP contribution in [0.1, 0.15) is 61.6 Å². The van der Waals surface area contributed by atoms with Crippen molar-refractivity contribution in [3.63, 3.8) is 0 Å². The first-order valence-electron chi connectivity index (χ1n) is 15.1. The van der Waals surface area contributed by atoms with Crippen molar-refractivity contribution in [1.82, 2.24) is 14.7 Å². The molecule has 8 nitrogen and oxygen atoms in total. The van der Waals surface area contributed by atoms with Gasteiger partial charge in [-0.1, -0.05) is 36.7 Å². The SMILES string of the molecule is CCCC(=O)N1CCN(c2ccc(-c3ccc(Cl)cc3N3CCCC(n4ncc(C(=O)OCC)c4C(F)(F)F)C3)cc2)CC1. The van der Waals surface area contributed by atoms with Crippen LogP contribution < -0.4 is 9.80 Å². The zero-order valence-electron chi connectivity index (χ0n) is 24.9. The Kier molecular flexibility index (Phi) is 9.72. The van der Waals surface area contributed by atoms with E-state index in [0.29, 0.717) is 43.9 Å². The van der Waals surface area contributed by atoms with Crippen LogP contribution in [0.5, 0.6) is 0 Å². The van der Waals surface area contributed by atoms with Crippen molar-refractivity contribution in [2.75, 3.05) is 55.7 Å². The van der Waals surface area contributed by atoms with Gasteiger partial charge in [0.1, 0.15) is 5.56 Å². The molecule has 0 aliphatic carbocycles. The van der Waals surface area contributed by atoms with E-state index >= 15 is 0 Å². The summed E-state index contributed by atoms with van der Waals surface area (Å²) in [5.41, 5.74) is 2.11. The van der Waals surface area contributed by atoms with Gasteiger partial charge in [0.05, 0.1) is 18.8 Å². The molecule has 1 amide bonds. The number of hydrogen-bond donors (Lipinski definition) is 0. The molecule has 2 saturated heterocycles. The lowest BCUT2D eigenvalue weighted by Gasteiger charge is -2.37. The molecule has 3 aromatic rings. The molecule has 0 saturated carbocycles. The summed E-state index contributed by atoms with van der Waals surface area (Å²) in [6.45, 7) is 7.35. The third kappa shape index (κ3) is 6.82. The summed E-state index contributed by atoms with van der Waals surface area (Å²) in [6, 6.07) is 13.2. The molecule has 44 heavy (non-hydrogen) atoms. The van der Waals surface area contributed by atoms with Gasteiger partial charge in [0.25, 0.3) is 0 Å². The van der Waals surface area contributed by atoms with Gasteiger partial charge in [-0.3, -0.25) is 9.48 Å². The van der Waals surface area contributed by atoms with Gasteiger partial charge in [0.15, 0.2) is 5.69 Å². The van der Waals surface area contributed by atoms with Gasteiger partial charge in [-0.15, -0.1) is 0 Å². The smallest absolute Gasteiger partial charge is 0.433 e. The molecular formula is C32H37ClF3N5O3. The molecule has 236 valence electrons. The fraction of sp³-hybridized carbons (Fsp3) is 0.469. The van der Waals surface area contributed by atoms with Crippen molar-refractivity contribution >= 4 is 34.9 Å². The topological polar surface area (TPSA) is 70.9 Å². The van der Waals surface area contributed by atoms with Crippen molar-refractivity contribution < 1.29 is 27.5 Å². The molecule has 0 spiro atoms. The first kappa shape index (κ1) is 31.7. The van der Waals surface area contributed by atoms with E-state index in [1.54, 1.807) is 6.92 Å². The van der Waals surface area contributed by atoms with Gasteiger partial charge >= 0.3 is 12.1 Å². The van der Waals surface area contributed by atoms with E-state index in [0.717, 1.165) is 52.9 Å². The average Bonchev–Trinajstić information content (AvgIpc) is 3.48. The fourth-order valence-corrected chi connectivity index (χ4v) is 6.27. The maximum absolute atomic E-state index is 14.2. The highest BCUT2D eigenvalue weighted by molar-refractivity contribution is 6.31. The highest BCUT2D eigenvalue weighted by atomic mass is 35.5. The molecule has 2 aliphatic rings. The average molecular weight is 632 g/mol. The van der Waals surface area contributed by atoms with Crippen molar-refractivity contribution in [2.45, 2.75) is 51.7 Å². The van der Waals surface area contributed by atoms with E-state index in [1.165, 1.54) is 0 Å². The van der Waals surface area contributed by atoms with Gasteiger partial charge < -0.3 is 19.4 Å². The lowest BCUT2D eigenvalue weighted by Crippen LogP contribution is -2.48.